The number of halogens is 1. The van der Waals surface area contributed by atoms with Crippen LogP contribution in [0.1, 0.15) is 34.6 Å². The van der Waals surface area contributed by atoms with Gasteiger partial charge in [-0.15, -0.1) is 0 Å². The van der Waals surface area contributed by atoms with E-state index in [0.717, 1.165) is 5.03 Å². The second kappa shape index (κ2) is 5.27. The third kappa shape index (κ3) is 3.89. The highest BCUT2D eigenvalue weighted by Crippen LogP contribution is 2.33. The number of hydrogen-bond acceptors (Lipinski definition) is 0. The molecule has 1 heteroatoms. The molecule has 0 aromatic carbocycles. The minimum atomic E-state index is 0.127. The second-order valence-corrected chi connectivity index (χ2v) is 6.40. The van der Waals surface area contributed by atoms with Crippen molar-refractivity contribution in [2.45, 2.75) is 34.6 Å². The van der Waals surface area contributed by atoms with E-state index < -0.39 is 0 Å². The highest BCUT2D eigenvalue weighted by atomic mass is 35.5. The average Bonchev–Trinajstić information content (AvgIpc) is 2.20. The highest BCUT2D eigenvalue weighted by Gasteiger charge is 2.20. The van der Waals surface area contributed by atoms with Crippen LogP contribution in [0, 0.1) is 17.3 Å². The van der Waals surface area contributed by atoms with Crippen LogP contribution in [-0.4, -0.2) is 0 Å². The summed E-state index contributed by atoms with van der Waals surface area (Å²) in [6, 6.07) is 0. The Morgan fingerprint density at radius 2 is 2.00 bits per heavy atom. The van der Waals surface area contributed by atoms with E-state index >= 15 is 0 Å². The summed E-state index contributed by atoms with van der Waals surface area (Å²) < 4.78 is 0. The number of hydrogen-bond donors (Lipinski definition) is 0. The smallest absolute Gasteiger partial charge is 0.0369 e. The Morgan fingerprint density at radius 3 is 2.53 bits per heavy atom. The largest absolute Gasteiger partial charge is 0.0953 e. The molecule has 0 aromatic heterocycles. The van der Waals surface area contributed by atoms with Crippen molar-refractivity contribution in [3.63, 3.8) is 0 Å². The van der Waals surface area contributed by atoms with Crippen molar-refractivity contribution in [2.24, 2.45) is 17.3 Å². The molecular weight excluding hydrogens is 228 g/mol. The predicted octanol–water partition coefficient (Wildman–Crippen LogP) is 5.48. The van der Waals surface area contributed by atoms with Crippen molar-refractivity contribution in [1.82, 2.24) is 0 Å². The van der Waals surface area contributed by atoms with E-state index in [9.17, 15) is 0 Å². The molecule has 0 radical (unpaired) electrons. The quantitative estimate of drug-likeness (QED) is 0.570. The standard InChI is InChI=1S/C16H23Cl/c1-11-7-8-14(17)10-15(11)12(2)9-13(3)16(4,5)6/h7-11,15H,3H2,1-2,4-6H3/b12-9-. The molecule has 0 N–H and O–H groups in total. The van der Waals surface area contributed by atoms with Crippen LogP contribution >= 0.6 is 11.6 Å². The van der Waals surface area contributed by atoms with Gasteiger partial charge in [-0.2, -0.15) is 0 Å². The van der Waals surface area contributed by atoms with Crippen LogP contribution in [0.4, 0.5) is 0 Å². The zero-order valence-electron chi connectivity index (χ0n) is 11.5. The van der Waals surface area contributed by atoms with Crippen LogP contribution in [0.25, 0.3) is 0 Å². The summed E-state index contributed by atoms with van der Waals surface area (Å²) in [5.74, 6) is 0.896. The molecular formula is C16H23Cl. The lowest BCUT2D eigenvalue weighted by Crippen LogP contribution is -2.13. The molecule has 0 fully saturated rings. The molecule has 1 rings (SSSR count). The van der Waals surface area contributed by atoms with Gasteiger partial charge in [0.05, 0.1) is 0 Å². The van der Waals surface area contributed by atoms with Crippen LogP contribution in [0.3, 0.4) is 0 Å². The molecule has 94 valence electrons. The molecule has 0 nitrogen and oxygen atoms in total. The molecule has 0 saturated carbocycles. The van der Waals surface area contributed by atoms with Crippen molar-refractivity contribution in [1.29, 1.82) is 0 Å². The Kier molecular flexibility index (Phi) is 4.43. The van der Waals surface area contributed by atoms with Crippen LogP contribution in [-0.2, 0) is 0 Å². The van der Waals surface area contributed by atoms with Gasteiger partial charge in [0.25, 0.3) is 0 Å². The zero-order chi connectivity index (χ0) is 13.2. The maximum Gasteiger partial charge on any atom is 0.0369 e. The fraction of sp³-hybridized carbons (Fsp3) is 0.500. The average molecular weight is 251 g/mol. The first-order valence-corrected chi connectivity index (χ1v) is 6.52. The maximum atomic E-state index is 6.07. The van der Waals surface area contributed by atoms with E-state index in [1.165, 1.54) is 11.1 Å². The van der Waals surface area contributed by atoms with E-state index in [1.807, 2.05) is 6.08 Å². The normalized spacial score (nSPS) is 25.8. The van der Waals surface area contributed by atoms with Crippen molar-refractivity contribution in [3.8, 4) is 0 Å². The third-order valence-corrected chi connectivity index (χ3v) is 3.61. The van der Waals surface area contributed by atoms with Crippen LogP contribution in [0.2, 0.25) is 0 Å². The molecule has 1 aliphatic rings. The lowest BCUT2D eigenvalue weighted by atomic mass is 9.81. The third-order valence-electron chi connectivity index (χ3n) is 3.36. The van der Waals surface area contributed by atoms with Crippen molar-refractivity contribution < 1.29 is 0 Å². The second-order valence-electron chi connectivity index (χ2n) is 5.96. The summed E-state index contributed by atoms with van der Waals surface area (Å²) in [7, 11) is 0. The van der Waals surface area contributed by atoms with Gasteiger partial charge in [-0.25, -0.2) is 0 Å². The summed E-state index contributed by atoms with van der Waals surface area (Å²) in [5, 5.41) is 0.835. The summed E-state index contributed by atoms with van der Waals surface area (Å²) in [5.41, 5.74) is 2.63. The molecule has 0 amide bonds. The Hall–Kier alpha value is -0.750. The van der Waals surface area contributed by atoms with Gasteiger partial charge in [0, 0.05) is 11.0 Å². The SMILES string of the molecule is C=C(/C=C(/C)C1C=C(Cl)C=CC1C)C(C)(C)C. The maximum absolute atomic E-state index is 6.07. The van der Waals surface area contributed by atoms with E-state index in [4.69, 9.17) is 11.6 Å². The summed E-state index contributed by atoms with van der Waals surface area (Å²) in [6.45, 7) is 15.1. The molecule has 0 bridgehead atoms. The number of allylic oxidation sites excluding steroid dienone is 7. The van der Waals surface area contributed by atoms with Gasteiger partial charge >= 0.3 is 0 Å². The minimum Gasteiger partial charge on any atom is -0.0953 e. The zero-order valence-corrected chi connectivity index (χ0v) is 12.3. The molecule has 0 aliphatic heterocycles. The van der Waals surface area contributed by atoms with Gasteiger partial charge in [0.15, 0.2) is 0 Å². The Balaban J connectivity index is 2.90. The monoisotopic (exact) mass is 250 g/mol. The van der Waals surface area contributed by atoms with Gasteiger partial charge in [-0.3, -0.25) is 0 Å². The lowest BCUT2D eigenvalue weighted by Gasteiger charge is -2.25. The van der Waals surface area contributed by atoms with Crippen LogP contribution < -0.4 is 0 Å². The topological polar surface area (TPSA) is 0 Å². The Morgan fingerprint density at radius 1 is 1.41 bits per heavy atom. The van der Waals surface area contributed by atoms with Crippen LogP contribution in [0.5, 0.6) is 0 Å². The number of rotatable bonds is 2. The van der Waals surface area contributed by atoms with Gasteiger partial charge < -0.3 is 0 Å². The molecule has 0 aromatic rings. The highest BCUT2D eigenvalue weighted by molar-refractivity contribution is 6.31. The fourth-order valence-corrected chi connectivity index (χ4v) is 2.08. The Labute approximate surface area is 111 Å². The van der Waals surface area contributed by atoms with E-state index in [2.05, 4.69) is 59.4 Å². The van der Waals surface area contributed by atoms with Crippen molar-refractivity contribution >= 4 is 11.6 Å². The molecule has 2 atom stereocenters. The lowest BCUT2D eigenvalue weighted by molar-refractivity contribution is 0.514. The summed E-state index contributed by atoms with van der Waals surface area (Å²) in [4.78, 5) is 0. The summed E-state index contributed by atoms with van der Waals surface area (Å²) in [6.07, 6.45) is 8.49. The van der Waals surface area contributed by atoms with Gasteiger partial charge in [-0.05, 0) is 29.9 Å². The van der Waals surface area contributed by atoms with Crippen molar-refractivity contribution in [3.05, 3.63) is 47.1 Å². The van der Waals surface area contributed by atoms with Crippen molar-refractivity contribution in [2.75, 3.05) is 0 Å². The molecule has 2 unspecified atom stereocenters. The van der Waals surface area contributed by atoms with Crippen LogP contribution in [0.15, 0.2) is 47.1 Å². The van der Waals surface area contributed by atoms with E-state index in [-0.39, 0.29) is 5.41 Å². The first kappa shape index (κ1) is 14.3. The van der Waals surface area contributed by atoms with Gasteiger partial charge in [0.2, 0.25) is 0 Å². The Bertz CT molecular complexity index is 388. The molecule has 17 heavy (non-hydrogen) atoms. The van der Waals surface area contributed by atoms with E-state index in [0.29, 0.717) is 11.8 Å². The van der Waals surface area contributed by atoms with Gasteiger partial charge in [-0.1, -0.05) is 69.7 Å². The minimum absolute atomic E-state index is 0.127. The fourth-order valence-electron chi connectivity index (χ4n) is 1.88. The predicted molar refractivity (Wildman–Crippen MR) is 78.1 cm³/mol. The molecule has 0 spiro atoms. The molecule has 1 aliphatic carbocycles. The van der Waals surface area contributed by atoms with Gasteiger partial charge in [0.1, 0.15) is 0 Å². The first-order chi connectivity index (χ1) is 7.71. The molecule has 0 heterocycles. The first-order valence-electron chi connectivity index (χ1n) is 6.15. The molecule has 0 saturated heterocycles. The summed E-state index contributed by atoms with van der Waals surface area (Å²) >= 11 is 6.07. The van der Waals surface area contributed by atoms with E-state index in [1.54, 1.807) is 0 Å².